The number of hydrogen-bond donors (Lipinski definition) is 1. The smallest absolute Gasteiger partial charge is 0.00415 e. The van der Waals surface area contributed by atoms with Gasteiger partial charge in [0.05, 0.1) is 0 Å². The van der Waals surface area contributed by atoms with Crippen molar-refractivity contribution in [2.24, 2.45) is 11.7 Å². The largest absolute Gasteiger partial charge is 0.328 e. The Morgan fingerprint density at radius 3 is 2.29 bits per heavy atom. The van der Waals surface area contributed by atoms with Gasteiger partial charge in [0.15, 0.2) is 0 Å². The van der Waals surface area contributed by atoms with E-state index < -0.39 is 0 Å². The third-order valence-electron chi connectivity index (χ3n) is 1.58. The maximum Gasteiger partial charge on any atom is 0.00415 e. The summed E-state index contributed by atoms with van der Waals surface area (Å²) in [7, 11) is 0. The molecule has 1 heteroatoms. The van der Waals surface area contributed by atoms with Crippen molar-refractivity contribution >= 4 is 0 Å². The molecule has 2 N–H and O–H groups in total. The first-order valence-corrected chi connectivity index (χ1v) is 2.87. The van der Waals surface area contributed by atoms with Crippen molar-refractivity contribution < 1.29 is 0 Å². The highest BCUT2D eigenvalue weighted by Gasteiger charge is 2.16. The molecule has 7 heavy (non-hydrogen) atoms. The van der Waals surface area contributed by atoms with Crippen molar-refractivity contribution in [2.45, 2.75) is 25.3 Å². The molecule has 0 heterocycles. The second-order valence-corrected chi connectivity index (χ2v) is 2.44. The van der Waals surface area contributed by atoms with Crippen LogP contribution in [-0.2, 0) is 0 Å². The molecule has 0 amide bonds. The molecule has 1 saturated carbocycles. The minimum absolute atomic E-state index is 0.461. The van der Waals surface area contributed by atoms with Crippen molar-refractivity contribution in [1.82, 2.24) is 0 Å². The Morgan fingerprint density at radius 2 is 2.14 bits per heavy atom. The third-order valence-corrected chi connectivity index (χ3v) is 1.58. The highest BCUT2D eigenvalue weighted by molar-refractivity contribution is 4.78. The van der Waals surface area contributed by atoms with E-state index in [4.69, 9.17) is 5.73 Å². The first-order chi connectivity index (χ1) is 3.29. The molecule has 0 aromatic heterocycles. The van der Waals surface area contributed by atoms with E-state index in [-0.39, 0.29) is 0 Å². The minimum Gasteiger partial charge on any atom is -0.328 e. The molecular formula is C6H12N. The van der Waals surface area contributed by atoms with Gasteiger partial charge in [-0.2, -0.15) is 0 Å². The van der Waals surface area contributed by atoms with E-state index in [0.29, 0.717) is 12.0 Å². The topological polar surface area (TPSA) is 26.0 Å². The molecule has 1 aliphatic carbocycles. The Labute approximate surface area is 44.9 Å². The van der Waals surface area contributed by atoms with E-state index in [9.17, 15) is 0 Å². The zero-order chi connectivity index (χ0) is 5.28. The van der Waals surface area contributed by atoms with Crippen LogP contribution in [0.4, 0.5) is 0 Å². The Hall–Kier alpha value is -0.0400. The van der Waals surface area contributed by atoms with Gasteiger partial charge < -0.3 is 5.73 Å². The van der Waals surface area contributed by atoms with Crippen LogP contribution in [0, 0.1) is 12.8 Å². The highest BCUT2D eigenvalue weighted by atomic mass is 14.6. The van der Waals surface area contributed by atoms with Gasteiger partial charge in [-0.1, -0.05) is 6.92 Å². The van der Waals surface area contributed by atoms with Crippen LogP contribution in [-0.4, -0.2) is 6.04 Å². The monoisotopic (exact) mass is 98.1 g/mol. The summed E-state index contributed by atoms with van der Waals surface area (Å²) < 4.78 is 0. The summed E-state index contributed by atoms with van der Waals surface area (Å²) in [5, 5.41) is 0. The summed E-state index contributed by atoms with van der Waals surface area (Å²) in [6, 6.07) is 0.461. The quantitative estimate of drug-likeness (QED) is 0.479. The molecule has 1 radical (unpaired) electrons. The van der Waals surface area contributed by atoms with Crippen molar-refractivity contribution in [2.75, 3.05) is 0 Å². The van der Waals surface area contributed by atoms with Gasteiger partial charge in [-0.05, 0) is 25.2 Å². The molecule has 1 nitrogen and oxygen atoms in total. The van der Waals surface area contributed by atoms with Crippen LogP contribution in [0.3, 0.4) is 0 Å². The molecule has 1 rings (SSSR count). The predicted molar refractivity (Wildman–Crippen MR) is 30.7 cm³/mol. The summed E-state index contributed by atoms with van der Waals surface area (Å²) in [5.41, 5.74) is 5.59. The normalized spacial score (nSPS) is 42.0. The average molecular weight is 98.2 g/mol. The summed E-state index contributed by atoms with van der Waals surface area (Å²) in [6.07, 6.45) is 3.56. The fourth-order valence-corrected chi connectivity index (χ4v) is 1.11. The van der Waals surface area contributed by atoms with Gasteiger partial charge in [0.25, 0.3) is 0 Å². The maximum absolute atomic E-state index is 5.59. The number of nitrogens with two attached hydrogens (primary N) is 1. The summed E-state index contributed by atoms with van der Waals surface area (Å²) in [6.45, 7) is 3.91. The molecule has 0 bridgehead atoms. The van der Waals surface area contributed by atoms with Crippen LogP contribution < -0.4 is 5.73 Å². The Morgan fingerprint density at radius 1 is 1.43 bits per heavy atom. The molecule has 0 aliphatic heterocycles. The van der Waals surface area contributed by atoms with E-state index in [0.717, 1.165) is 6.42 Å². The standard InChI is InChI=1S/C6H12N/c1-5-2-3-6(7)4-5/h5-6H,1-4,7H2. The van der Waals surface area contributed by atoms with E-state index in [1.54, 1.807) is 0 Å². The third kappa shape index (κ3) is 1.16. The molecule has 0 aromatic rings. The van der Waals surface area contributed by atoms with Gasteiger partial charge in [0, 0.05) is 6.04 Å². The number of rotatable bonds is 0. The molecule has 2 atom stereocenters. The van der Waals surface area contributed by atoms with Gasteiger partial charge >= 0.3 is 0 Å². The molecule has 0 saturated heterocycles. The molecule has 1 fully saturated rings. The van der Waals surface area contributed by atoms with Crippen LogP contribution in [0.15, 0.2) is 0 Å². The lowest BCUT2D eigenvalue weighted by Gasteiger charge is -1.96. The first kappa shape index (κ1) is 5.10. The van der Waals surface area contributed by atoms with Gasteiger partial charge in [-0.25, -0.2) is 0 Å². The molecule has 0 spiro atoms. The predicted octanol–water partition coefficient (Wildman–Crippen LogP) is 0.948. The lowest BCUT2D eigenvalue weighted by atomic mass is 10.1. The van der Waals surface area contributed by atoms with E-state index in [2.05, 4.69) is 6.92 Å². The summed E-state index contributed by atoms with van der Waals surface area (Å²) >= 11 is 0. The van der Waals surface area contributed by atoms with Crippen molar-refractivity contribution in [1.29, 1.82) is 0 Å². The van der Waals surface area contributed by atoms with Crippen molar-refractivity contribution in [3.05, 3.63) is 6.92 Å². The summed E-state index contributed by atoms with van der Waals surface area (Å²) in [4.78, 5) is 0. The highest BCUT2D eigenvalue weighted by Crippen LogP contribution is 2.21. The first-order valence-electron chi connectivity index (χ1n) is 2.87. The molecule has 0 aromatic carbocycles. The van der Waals surface area contributed by atoms with Crippen LogP contribution in [0.5, 0.6) is 0 Å². The van der Waals surface area contributed by atoms with E-state index in [1.807, 2.05) is 0 Å². The Balaban J connectivity index is 2.26. The molecule has 41 valence electrons. The Bertz CT molecular complexity index is 53.2. The molecule has 2 unspecified atom stereocenters. The van der Waals surface area contributed by atoms with E-state index in [1.165, 1.54) is 12.8 Å². The average Bonchev–Trinajstić information content (AvgIpc) is 1.87. The minimum atomic E-state index is 0.461. The van der Waals surface area contributed by atoms with Crippen LogP contribution in [0.2, 0.25) is 0 Å². The van der Waals surface area contributed by atoms with Crippen LogP contribution >= 0.6 is 0 Å². The van der Waals surface area contributed by atoms with Crippen molar-refractivity contribution in [3.63, 3.8) is 0 Å². The lowest BCUT2D eigenvalue weighted by Crippen LogP contribution is -2.14. The van der Waals surface area contributed by atoms with E-state index >= 15 is 0 Å². The van der Waals surface area contributed by atoms with Crippen LogP contribution in [0.25, 0.3) is 0 Å². The number of hydrogen-bond acceptors (Lipinski definition) is 1. The fraction of sp³-hybridized carbons (Fsp3) is 0.833. The lowest BCUT2D eigenvalue weighted by molar-refractivity contribution is 0.649. The van der Waals surface area contributed by atoms with Gasteiger partial charge in [-0.15, -0.1) is 0 Å². The van der Waals surface area contributed by atoms with Gasteiger partial charge in [0.2, 0.25) is 0 Å². The Kier molecular flexibility index (Phi) is 1.33. The zero-order valence-corrected chi connectivity index (χ0v) is 4.56. The van der Waals surface area contributed by atoms with Gasteiger partial charge in [-0.3, -0.25) is 0 Å². The van der Waals surface area contributed by atoms with Gasteiger partial charge in [0.1, 0.15) is 0 Å². The zero-order valence-electron chi connectivity index (χ0n) is 4.56. The summed E-state index contributed by atoms with van der Waals surface area (Å²) in [5.74, 6) is 0.648. The molecular weight excluding hydrogens is 86.1 g/mol. The molecule has 1 aliphatic rings. The van der Waals surface area contributed by atoms with Crippen molar-refractivity contribution in [3.8, 4) is 0 Å². The second kappa shape index (κ2) is 1.83. The fourth-order valence-electron chi connectivity index (χ4n) is 1.11. The van der Waals surface area contributed by atoms with Crippen LogP contribution in [0.1, 0.15) is 19.3 Å². The SMILES string of the molecule is [CH2]C1CCC(N)C1. The second-order valence-electron chi connectivity index (χ2n) is 2.44. The maximum atomic E-state index is 5.59.